The van der Waals surface area contributed by atoms with Gasteiger partial charge in [-0.2, -0.15) is 0 Å². The zero-order valence-electron chi connectivity index (χ0n) is 25.4. The zero-order chi connectivity index (χ0) is 30.8. The Bertz CT molecular complexity index is 2340. The van der Waals surface area contributed by atoms with Gasteiger partial charge in [-0.15, -0.1) is 16.4 Å². The number of rotatable bonds is 3. The van der Waals surface area contributed by atoms with Gasteiger partial charge in [0, 0.05) is 21.5 Å². The van der Waals surface area contributed by atoms with Gasteiger partial charge in [-0.05, 0) is 92.0 Å². The minimum Gasteiger partial charge on any atom is -0.308 e. The molecule has 2 aromatic heterocycles. The molecule has 198 valence electrons. The third-order valence-electron chi connectivity index (χ3n) is 9.67. The van der Waals surface area contributed by atoms with E-state index in [1.165, 1.54) is 49.0 Å². The van der Waals surface area contributed by atoms with Crippen molar-refractivity contribution in [1.29, 1.82) is 0 Å². The van der Waals surface area contributed by atoms with Gasteiger partial charge < -0.3 is 4.40 Å². The fraction of sp³-hybridized carbons (Fsp3) is 0.158. The van der Waals surface area contributed by atoms with Crippen LogP contribution in [0.25, 0.3) is 70.8 Å². The van der Waals surface area contributed by atoms with E-state index in [0.717, 1.165) is 27.4 Å². The van der Waals surface area contributed by atoms with Crippen LogP contribution in [0, 0.1) is 0 Å². The Hall–Kier alpha value is -4.04. The monoisotopic (exact) mass is 551 g/mol. The Morgan fingerprint density at radius 1 is 0.455 bits per heavy atom. The molecule has 44 heavy (non-hydrogen) atoms. The van der Waals surface area contributed by atoms with E-state index in [-0.39, 0.29) is 16.4 Å². The first-order chi connectivity index (χ1) is 21.0. The molecular formula is C38H26B5N. The third kappa shape index (κ3) is 3.73. The van der Waals surface area contributed by atoms with Crippen LogP contribution in [0.3, 0.4) is 0 Å². The highest BCUT2D eigenvalue weighted by molar-refractivity contribution is 6.68. The Morgan fingerprint density at radius 2 is 0.886 bits per heavy atom. The summed E-state index contributed by atoms with van der Waals surface area (Å²) in [4.78, 5) is 0. The van der Waals surface area contributed by atoms with Crippen molar-refractivity contribution in [3.63, 3.8) is 0 Å². The fourth-order valence-corrected chi connectivity index (χ4v) is 7.09. The highest BCUT2D eigenvalue weighted by Gasteiger charge is 2.22. The van der Waals surface area contributed by atoms with Crippen molar-refractivity contribution in [2.75, 3.05) is 0 Å². The fourth-order valence-electron chi connectivity index (χ4n) is 7.09. The molecule has 0 spiro atoms. The van der Waals surface area contributed by atoms with Crippen LogP contribution < -0.4 is 27.3 Å². The average molecular weight is 551 g/mol. The molecule has 0 amide bonds. The summed E-state index contributed by atoms with van der Waals surface area (Å²) in [6, 6.07) is 27.2. The summed E-state index contributed by atoms with van der Waals surface area (Å²) < 4.78 is 2.42. The predicted molar refractivity (Wildman–Crippen MR) is 197 cm³/mol. The molecule has 0 fully saturated rings. The van der Waals surface area contributed by atoms with Gasteiger partial charge in [0.05, 0.1) is 16.6 Å². The number of fused-ring (bicyclic) bond motifs is 8. The summed E-state index contributed by atoms with van der Waals surface area (Å²) in [6.45, 7) is 8.92. The summed E-state index contributed by atoms with van der Waals surface area (Å²) in [5.41, 5.74) is 9.03. The maximum Gasteiger partial charge on any atom is 0.113 e. The van der Waals surface area contributed by atoms with Gasteiger partial charge in [0.25, 0.3) is 0 Å². The first kappa shape index (κ1) is 27.5. The van der Waals surface area contributed by atoms with Crippen molar-refractivity contribution in [2.45, 2.75) is 39.5 Å². The van der Waals surface area contributed by atoms with Gasteiger partial charge in [-0.3, -0.25) is 0 Å². The van der Waals surface area contributed by atoms with Crippen molar-refractivity contribution in [3.05, 3.63) is 83.9 Å². The number of hydrogen-bond acceptors (Lipinski definition) is 0. The molecule has 8 aromatic rings. The average Bonchev–Trinajstić information content (AvgIpc) is 3.50. The van der Waals surface area contributed by atoms with Gasteiger partial charge in [-0.1, -0.05) is 75.0 Å². The van der Waals surface area contributed by atoms with E-state index < -0.39 is 0 Å². The van der Waals surface area contributed by atoms with Gasteiger partial charge in [0.2, 0.25) is 0 Å². The largest absolute Gasteiger partial charge is 0.308 e. The highest BCUT2D eigenvalue weighted by Crippen LogP contribution is 2.43. The lowest BCUT2D eigenvalue weighted by atomic mass is 9.59. The molecule has 0 aliphatic rings. The quantitative estimate of drug-likeness (QED) is 0.272. The molecule has 2 heterocycles. The number of aromatic nitrogens is 1. The summed E-state index contributed by atoms with van der Waals surface area (Å²) in [7, 11) is 32.1. The maximum absolute atomic E-state index is 6.61. The Balaban J connectivity index is 1.57. The molecule has 6 heteroatoms. The Morgan fingerprint density at radius 3 is 1.32 bits per heavy atom. The van der Waals surface area contributed by atoms with E-state index in [1.807, 2.05) is 0 Å². The van der Waals surface area contributed by atoms with Crippen molar-refractivity contribution < 1.29 is 0 Å². The number of nitrogens with zero attached hydrogens (tertiary/aromatic N) is 1. The number of hydrogen-bond donors (Lipinski definition) is 0. The van der Waals surface area contributed by atoms with Gasteiger partial charge in [-0.25, -0.2) is 0 Å². The molecule has 6 aromatic carbocycles. The van der Waals surface area contributed by atoms with E-state index in [2.05, 4.69) is 105 Å². The Kier molecular flexibility index (Phi) is 5.93. The molecule has 1 nitrogen and oxygen atoms in total. The van der Waals surface area contributed by atoms with Crippen molar-refractivity contribution in [3.8, 4) is 11.1 Å². The van der Waals surface area contributed by atoms with Crippen LogP contribution in [-0.2, 0) is 0 Å². The van der Waals surface area contributed by atoms with Crippen LogP contribution in [0.2, 0.25) is 0 Å². The van der Waals surface area contributed by atoms with Crippen LogP contribution in [-0.4, -0.2) is 43.6 Å². The second kappa shape index (κ2) is 9.48. The smallest absolute Gasteiger partial charge is 0.113 e. The molecule has 0 aliphatic carbocycles. The first-order valence-corrected chi connectivity index (χ1v) is 15.2. The van der Waals surface area contributed by atoms with Gasteiger partial charge in [0.1, 0.15) is 39.2 Å². The third-order valence-corrected chi connectivity index (χ3v) is 9.67. The standard InChI is InChI=1S/C38H26B5N/c1-17(2)19-5-7-21-15-30-26(11-23(21)9-19)28-13-25(32-33(39)35(41)37(43)36(42)34(32)40)14-29-27-12-24-10-20(18(3)4)6-8-22(24)16-31(27)44(30)38(28)29/h5-18H,1-4H3. The maximum atomic E-state index is 6.61. The minimum absolute atomic E-state index is 0.219. The molecule has 0 bridgehead atoms. The molecule has 0 aliphatic heterocycles. The van der Waals surface area contributed by atoms with E-state index in [9.17, 15) is 0 Å². The SMILES string of the molecule is [B]c1c([B])c([B])c(-c2cc3c4cc5cc(C(C)C)ccc5cc4n4c5cc6ccc(C(C)C)cc6cc5c(c2)c34)c([B])c1[B]. The van der Waals surface area contributed by atoms with Crippen LogP contribution in [0.15, 0.2) is 72.8 Å². The van der Waals surface area contributed by atoms with Gasteiger partial charge in [0.15, 0.2) is 0 Å². The predicted octanol–water partition coefficient (Wildman–Crippen LogP) is 5.03. The van der Waals surface area contributed by atoms with Crippen molar-refractivity contribution in [2.24, 2.45) is 0 Å². The second-order valence-corrected chi connectivity index (χ2v) is 13.0. The van der Waals surface area contributed by atoms with Crippen LogP contribution in [0.1, 0.15) is 50.7 Å². The molecule has 8 rings (SSSR count). The molecule has 0 N–H and O–H groups in total. The summed E-state index contributed by atoms with van der Waals surface area (Å²) >= 11 is 0. The molecule has 0 atom stereocenters. The summed E-state index contributed by atoms with van der Waals surface area (Å²) in [5, 5.41) is 9.46. The lowest BCUT2D eigenvalue weighted by Crippen LogP contribution is -2.55. The topological polar surface area (TPSA) is 4.41 Å². The zero-order valence-corrected chi connectivity index (χ0v) is 25.4. The summed E-state index contributed by atoms with van der Waals surface area (Å²) in [5.74, 6) is 0.884. The lowest BCUT2D eigenvalue weighted by molar-refractivity contribution is 0.869. The van der Waals surface area contributed by atoms with E-state index in [0.29, 0.717) is 28.3 Å². The Labute approximate surface area is 264 Å². The molecule has 0 saturated heterocycles. The molecule has 0 saturated carbocycles. The first-order valence-electron chi connectivity index (χ1n) is 15.2. The molecule has 10 radical (unpaired) electrons. The normalized spacial score (nSPS) is 12.5. The number of benzene rings is 6. The van der Waals surface area contributed by atoms with Crippen LogP contribution in [0.4, 0.5) is 0 Å². The summed E-state index contributed by atoms with van der Waals surface area (Å²) in [6.07, 6.45) is 0. The second-order valence-electron chi connectivity index (χ2n) is 13.0. The van der Waals surface area contributed by atoms with Crippen LogP contribution in [0.5, 0.6) is 0 Å². The molecule has 0 unspecified atom stereocenters. The van der Waals surface area contributed by atoms with Crippen molar-refractivity contribution >= 4 is 126 Å². The lowest BCUT2D eigenvalue weighted by Gasteiger charge is -2.21. The van der Waals surface area contributed by atoms with Crippen molar-refractivity contribution in [1.82, 2.24) is 4.40 Å². The highest BCUT2D eigenvalue weighted by atomic mass is 14.9. The van der Waals surface area contributed by atoms with E-state index >= 15 is 0 Å². The van der Waals surface area contributed by atoms with E-state index in [1.54, 1.807) is 0 Å². The minimum atomic E-state index is 0.219. The van der Waals surface area contributed by atoms with Gasteiger partial charge >= 0.3 is 0 Å². The molecular weight excluding hydrogens is 524 g/mol. The van der Waals surface area contributed by atoms with E-state index in [4.69, 9.17) is 39.2 Å². The van der Waals surface area contributed by atoms with Crippen LogP contribution >= 0.6 is 0 Å².